The van der Waals surface area contributed by atoms with Crippen LogP contribution in [0.1, 0.15) is 25.3 Å². The second-order valence-corrected chi connectivity index (χ2v) is 5.78. The molecular formula is C17H23N3O. The molecule has 21 heavy (non-hydrogen) atoms. The molecule has 1 aliphatic rings. The third-order valence-corrected chi connectivity index (χ3v) is 3.90. The molecule has 2 rings (SSSR count). The number of nitrogens with zero attached hydrogens (tertiary/aromatic N) is 1. The summed E-state index contributed by atoms with van der Waals surface area (Å²) >= 11 is 0. The van der Waals surface area contributed by atoms with E-state index in [-0.39, 0.29) is 0 Å². The van der Waals surface area contributed by atoms with E-state index < -0.39 is 5.60 Å². The lowest BCUT2D eigenvalue weighted by molar-refractivity contribution is -0.00683. The van der Waals surface area contributed by atoms with Gasteiger partial charge < -0.3 is 15.4 Å². The van der Waals surface area contributed by atoms with Gasteiger partial charge in [-0.25, -0.2) is 0 Å². The van der Waals surface area contributed by atoms with E-state index >= 15 is 0 Å². The van der Waals surface area contributed by atoms with Crippen LogP contribution in [-0.4, -0.2) is 40.2 Å². The largest absolute Gasteiger partial charge is 0.389 e. The lowest BCUT2D eigenvalue weighted by Gasteiger charge is -2.39. The fourth-order valence-corrected chi connectivity index (χ4v) is 2.63. The van der Waals surface area contributed by atoms with E-state index in [1.54, 1.807) is 19.1 Å². The highest BCUT2D eigenvalue weighted by Gasteiger charge is 2.32. The molecule has 1 fully saturated rings. The Labute approximate surface area is 126 Å². The number of likely N-dealkylation sites (tertiary alicyclic amines) is 1. The summed E-state index contributed by atoms with van der Waals surface area (Å²) in [5.41, 5.74) is 0.930. The zero-order valence-corrected chi connectivity index (χ0v) is 12.5. The van der Waals surface area contributed by atoms with Gasteiger partial charge in [0.2, 0.25) is 0 Å². The monoisotopic (exact) mass is 285 g/mol. The first-order chi connectivity index (χ1) is 9.98. The molecule has 0 radical (unpaired) electrons. The SMILES string of the molecule is CC(=N)/C=C\C(=N)N1CCC(O)(Cc2ccccc2)CC1. The first kappa shape index (κ1) is 15.4. The summed E-state index contributed by atoms with van der Waals surface area (Å²) in [5, 5.41) is 26.0. The number of rotatable bonds is 4. The van der Waals surface area contributed by atoms with Crippen LogP contribution in [0.3, 0.4) is 0 Å². The van der Waals surface area contributed by atoms with Crippen molar-refractivity contribution >= 4 is 11.5 Å². The van der Waals surface area contributed by atoms with Crippen molar-refractivity contribution in [1.82, 2.24) is 4.90 Å². The predicted octanol–water partition coefficient (Wildman–Crippen LogP) is 2.63. The molecule has 0 bridgehead atoms. The zero-order chi connectivity index (χ0) is 15.3. The molecule has 4 heteroatoms. The van der Waals surface area contributed by atoms with Gasteiger partial charge >= 0.3 is 0 Å². The third kappa shape index (κ3) is 4.53. The number of allylic oxidation sites excluding steroid dienone is 1. The molecule has 1 aromatic rings. The van der Waals surface area contributed by atoms with Crippen LogP contribution < -0.4 is 0 Å². The normalized spacial score (nSPS) is 17.9. The van der Waals surface area contributed by atoms with Crippen molar-refractivity contribution in [2.75, 3.05) is 13.1 Å². The molecule has 1 heterocycles. The van der Waals surface area contributed by atoms with Crippen molar-refractivity contribution < 1.29 is 5.11 Å². The minimum absolute atomic E-state index is 0.420. The highest BCUT2D eigenvalue weighted by atomic mass is 16.3. The van der Waals surface area contributed by atoms with Gasteiger partial charge in [-0.05, 0) is 37.5 Å². The summed E-state index contributed by atoms with van der Waals surface area (Å²) in [5.74, 6) is 0.420. The smallest absolute Gasteiger partial charge is 0.120 e. The molecule has 0 unspecified atom stereocenters. The van der Waals surface area contributed by atoms with Crippen molar-refractivity contribution in [3.05, 3.63) is 48.0 Å². The molecule has 0 spiro atoms. The van der Waals surface area contributed by atoms with E-state index in [1.807, 2.05) is 35.2 Å². The van der Waals surface area contributed by atoms with E-state index in [2.05, 4.69) is 0 Å². The molecule has 3 N–H and O–H groups in total. The van der Waals surface area contributed by atoms with Crippen molar-refractivity contribution in [2.24, 2.45) is 0 Å². The van der Waals surface area contributed by atoms with Gasteiger partial charge in [-0.1, -0.05) is 30.3 Å². The second-order valence-electron chi connectivity index (χ2n) is 5.78. The summed E-state index contributed by atoms with van der Waals surface area (Å²) < 4.78 is 0. The minimum atomic E-state index is -0.667. The van der Waals surface area contributed by atoms with Crippen LogP contribution >= 0.6 is 0 Å². The minimum Gasteiger partial charge on any atom is -0.389 e. The highest BCUT2D eigenvalue weighted by molar-refractivity contribution is 5.99. The average Bonchev–Trinajstić information content (AvgIpc) is 2.46. The van der Waals surface area contributed by atoms with Crippen molar-refractivity contribution in [3.8, 4) is 0 Å². The van der Waals surface area contributed by atoms with Crippen LogP contribution in [-0.2, 0) is 6.42 Å². The lowest BCUT2D eigenvalue weighted by Crippen LogP contribution is -2.47. The number of nitrogens with one attached hydrogen (secondary N) is 2. The first-order valence-corrected chi connectivity index (χ1v) is 7.32. The molecule has 0 aliphatic carbocycles. The van der Waals surface area contributed by atoms with Crippen LogP contribution in [0.4, 0.5) is 0 Å². The van der Waals surface area contributed by atoms with Gasteiger partial charge in [0, 0.05) is 25.2 Å². The number of hydrogen-bond acceptors (Lipinski definition) is 3. The maximum Gasteiger partial charge on any atom is 0.120 e. The summed E-state index contributed by atoms with van der Waals surface area (Å²) in [4.78, 5) is 1.96. The van der Waals surface area contributed by atoms with Crippen LogP contribution in [0.25, 0.3) is 0 Å². The van der Waals surface area contributed by atoms with Crippen LogP contribution in [0.2, 0.25) is 0 Å². The molecule has 4 nitrogen and oxygen atoms in total. The van der Waals surface area contributed by atoms with Crippen molar-refractivity contribution in [1.29, 1.82) is 10.8 Å². The van der Waals surface area contributed by atoms with Crippen molar-refractivity contribution in [3.63, 3.8) is 0 Å². The molecule has 112 valence electrons. The Balaban J connectivity index is 1.90. The van der Waals surface area contributed by atoms with Gasteiger partial charge in [-0.15, -0.1) is 0 Å². The highest BCUT2D eigenvalue weighted by Crippen LogP contribution is 2.26. The predicted molar refractivity (Wildman–Crippen MR) is 86.2 cm³/mol. The number of piperidine rings is 1. The molecule has 1 aliphatic heterocycles. The van der Waals surface area contributed by atoms with E-state index in [0.717, 1.165) is 5.56 Å². The summed E-state index contributed by atoms with van der Waals surface area (Å²) in [6, 6.07) is 10.1. The number of hydrogen-bond donors (Lipinski definition) is 3. The number of amidine groups is 1. The van der Waals surface area contributed by atoms with Gasteiger partial charge in [0.1, 0.15) is 5.84 Å². The maximum atomic E-state index is 10.7. The topological polar surface area (TPSA) is 71.2 Å². The van der Waals surface area contributed by atoms with E-state index in [0.29, 0.717) is 43.9 Å². The molecular weight excluding hydrogens is 262 g/mol. The molecule has 0 amide bonds. The Morgan fingerprint density at radius 3 is 2.38 bits per heavy atom. The van der Waals surface area contributed by atoms with Gasteiger partial charge in [0.25, 0.3) is 0 Å². The number of benzene rings is 1. The third-order valence-electron chi connectivity index (χ3n) is 3.90. The molecule has 1 saturated heterocycles. The Morgan fingerprint density at radius 1 is 1.19 bits per heavy atom. The summed E-state index contributed by atoms with van der Waals surface area (Å²) in [6.45, 7) is 3.06. The maximum absolute atomic E-state index is 10.7. The second kappa shape index (κ2) is 6.68. The Bertz CT molecular complexity index is 528. The quantitative estimate of drug-likeness (QED) is 0.588. The Hall–Kier alpha value is -1.94. The van der Waals surface area contributed by atoms with Crippen LogP contribution in [0, 0.1) is 10.8 Å². The lowest BCUT2D eigenvalue weighted by atomic mass is 9.85. The summed E-state index contributed by atoms with van der Waals surface area (Å²) in [7, 11) is 0. The zero-order valence-electron chi connectivity index (χ0n) is 12.5. The molecule has 0 atom stereocenters. The van der Waals surface area contributed by atoms with E-state index in [4.69, 9.17) is 10.8 Å². The molecule has 0 saturated carbocycles. The fourth-order valence-electron chi connectivity index (χ4n) is 2.63. The van der Waals surface area contributed by atoms with Gasteiger partial charge in [0.15, 0.2) is 0 Å². The first-order valence-electron chi connectivity index (χ1n) is 7.32. The van der Waals surface area contributed by atoms with Crippen LogP contribution in [0.5, 0.6) is 0 Å². The van der Waals surface area contributed by atoms with Gasteiger partial charge in [-0.2, -0.15) is 0 Å². The van der Waals surface area contributed by atoms with Gasteiger partial charge in [0.05, 0.1) is 5.60 Å². The van der Waals surface area contributed by atoms with Crippen molar-refractivity contribution in [2.45, 2.75) is 31.8 Å². The standard InChI is InChI=1S/C17H23N3O/c1-14(18)7-8-16(19)20-11-9-17(21,10-12-20)13-15-5-3-2-4-6-15/h2-8,18-19,21H,9-13H2,1H3/b8-7-,18-14?,19-16?. The average molecular weight is 285 g/mol. The summed E-state index contributed by atoms with van der Waals surface area (Å²) in [6.07, 6.45) is 5.30. The Morgan fingerprint density at radius 2 is 1.81 bits per heavy atom. The number of aliphatic hydroxyl groups is 1. The fraction of sp³-hybridized carbons (Fsp3) is 0.412. The molecule has 1 aromatic carbocycles. The van der Waals surface area contributed by atoms with E-state index in [9.17, 15) is 5.11 Å². The molecule has 0 aromatic heterocycles. The van der Waals surface area contributed by atoms with Gasteiger partial charge in [-0.3, -0.25) is 5.41 Å². The van der Waals surface area contributed by atoms with Crippen LogP contribution in [0.15, 0.2) is 42.5 Å². The Kier molecular flexibility index (Phi) is 4.91. The van der Waals surface area contributed by atoms with E-state index in [1.165, 1.54) is 0 Å².